The summed E-state index contributed by atoms with van der Waals surface area (Å²) in [6, 6.07) is 3.88. The molecule has 104 valence electrons. The van der Waals surface area contributed by atoms with E-state index in [1.54, 1.807) is 13.0 Å². The van der Waals surface area contributed by atoms with Crippen molar-refractivity contribution < 1.29 is 14.4 Å². The Balaban J connectivity index is 2.77. The summed E-state index contributed by atoms with van der Waals surface area (Å²) in [5.41, 5.74) is 6.34. The van der Waals surface area contributed by atoms with E-state index >= 15 is 0 Å². The molecule has 0 fully saturated rings. The van der Waals surface area contributed by atoms with E-state index < -0.39 is 5.82 Å². The van der Waals surface area contributed by atoms with Crippen LogP contribution in [0.15, 0.2) is 23.4 Å². The number of aryl methyl sites for hydroxylation is 1. The second-order valence-electron chi connectivity index (χ2n) is 4.39. The minimum atomic E-state index is -0.449. The second kappa shape index (κ2) is 6.72. The number of nitrogens with one attached hydrogen (secondary N) is 1. The largest absolute Gasteiger partial charge is 0.409 e. The van der Waals surface area contributed by atoms with E-state index in [0.29, 0.717) is 12.0 Å². The molecule has 6 heteroatoms. The monoisotopic (exact) mass is 267 g/mol. The van der Waals surface area contributed by atoms with Crippen molar-refractivity contribution in [2.75, 3.05) is 0 Å². The van der Waals surface area contributed by atoms with Crippen molar-refractivity contribution in [1.29, 1.82) is 0 Å². The molecular formula is C13H18FN3O2. The summed E-state index contributed by atoms with van der Waals surface area (Å²) < 4.78 is 13.2. The molecule has 4 N–H and O–H groups in total. The van der Waals surface area contributed by atoms with Gasteiger partial charge in [-0.05, 0) is 37.1 Å². The van der Waals surface area contributed by atoms with Gasteiger partial charge in [-0.3, -0.25) is 4.79 Å². The van der Waals surface area contributed by atoms with E-state index in [0.717, 1.165) is 0 Å². The molecule has 0 bridgehead atoms. The van der Waals surface area contributed by atoms with Crippen LogP contribution in [0.25, 0.3) is 0 Å². The van der Waals surface area contributed by atoms with Crippen molar-refractivity contribution in [2.24, 2.45) is 10.9 Å². The van der Waals surface area contributed by atoms with Crippen molar-refractivity contribution in [2.45, 2.75) is 32.7 Å². The lowest BCUT2D eigenvalue weighted by Crippen LogP contribution is -2.37. The molecule has 0 heterocycles. The summed E-state index contributed by atoms with van der Waals surface area (Å²) in [6.45, 7) is 3.58. The Bertz CT molecular complexity index is 469. The van der Waals surface area contributed by atoms with Crippen molar-refractivity contribution in [3.8, 4) is 0 Å². The van der Waals surface area contributed by atoms with Crippen molar-refractivity contribution in [3.63, 3.8) is 0 Å². The standard InChI is InChI=1S/C13H18FN3O2/c1-3-11(7-12(15)17-19)16-13(18)9-4-8(2)5-10(14)6-9/h4-6,11,19H,3,7H2,1-2H3,(H2,15,17)(H,16,18). The zero-order valence-electron chi connectivity index (χ0n) is 11.0. The Morgan fingerprint density at radius 3 is 2.74 bits per heavy atom. The van der Waals surface area contributed by atoms with Gasteiger partial charge in [0.05, 0.1) is 0 Å². The minimum absolute atomic E-state index is 0.0440. The van der Waals surface area contributed by atoms with Gasteiger partial charge in [0.1, 0.15) is 11.7 Å². The molecule has 1 unspecified atom stereocenters. The van der Waals surface area contributed by atoms with Gasteiger partial charge in [0, 0.05) is 18.0 Å². The zero-order chi connectivity index (χ0) is 14.4. The van der Waals surface area contributed by atoms with Crippen molar-refractivity contribution in [3.05, 3.63) is 35.1 Å². The maximum atomic E-state index is 13.2. The molecule has 5 nitrogen and oxygen atoms in total. The lowest BCUT2D eigenvalue weighted by atomic mass is 10.1. The zero-order valence-corrected chi connectivity index (χ0v) is 11.0. The highest BCUT2D eigenvalue weighted by Crippen LogP contribution is 2.09. The van der Waals surface area contributed by atoms with E-state index in [1.165, 1.54) is 12.1 Å². The van der Waals surface area contributed by atoms with Crippen molar-refractivity contribution >= 4 is 11.7 Å². The number of oxime groups is 1. The third-order valence-corrected chi connectivity index (χ3v) is 2.72. The first kappa shape index (κ1) is 14.9. The predicted molar refractivity (Wildman–Crippen MR) is 70.7 cm³/mol. The van der Waals surface area contributed by atoms with Crippen LogP contribution in [0.5, 0.6) is 0 Å². The molecule has 1 aromatic carbocycles. The first-order valence-corrected chi connectivity index (χ1v) is 6.00. The molecule has 1 aromatic rings. The first-order valence-electron chi connectivity index (χ1n) is 6.00. The fourth-order valence-electron chi connectivity index (χ4n) is 1.73. The molecule has 0 aromatic heterocycles. The number of nitrogens with zero attached hydrogens (tertiary/aromatic N) is 1. The number of amidine groups is 1. The molecule has 1 atom stereocenters. The van der Waals surface area contributed by atoms with Crippen LogP contribution in [-0.4, -0.2) is 23.0 Å². The summed E-state index contributed by atoms with van der Waals surface area (Å²) in [5.74, 6) is -0.780. The summed E-state index contributed by atoms with van der Waals surface area (Å²) in [6.07, 6.45) is 0.864. The van der Waals surface area contributed by atoms with Gasteiger partial charge >= 0.3 is 0 Å². The van der Waals surface area contributed by atoms with Crippen LogP contribution in [0.1, 0.15) is 35.7 Å². The van der Waals surface area contributed by atoms with Crippen LogP contribution in [0.2, 0.25) is 0 Å². The highest BCUT2D eigenvalue weighted by Gasteiger charge is 2.14. The maximum absolute atomic E-state index is 13.2. The van der Waals surface area contributed by atoms with E-state index in [-0.39, 0.29) is 29.8 Å². The Kier molecular flexibility index (Phi) is 5.29. The summed E-state index contributed by atoms with van der Waals surface area (Å²) in [7, 11) is 0. The number of amides is 1. The molecule has 0 saturated heterocycles. The number of carbonyl (C=O) groups excluding carboxylic acids is 1. The van der Waals surface area contributed by atoms with E-state index in [1.807, 2.05) is 6.92 Å². The molecule has 0 spiro atoms. The van der Waals surface area contributed by atoms with Gasteiger partial charge in [-0.2, -0.15) is 0 Å². The predicted octanol–water partition coefficient (Wildman–Crippen LogP) is 1.78. The Labute approximate surface area is 111 Å². The van der Waals surface area contributed by atoms with Crippen LogP contribution >= 0.6 is 0 Å². The highest BCUT2D eigenvalue weighted by molar-refractivity contribution is 5.95. The fourth-order valence-corrected chi connectivity index (χ4v) is 1.73. The van der Waals surface area contributed by atoms with Gasteiger partial charge in [0.2, 0.25) is 0 Å². The Morgan fingerprint density at radius 1 is 1.53 bits per heavy atom. The number of hydrogen-bond acceptors (Lipinski definition) is 3. The first-order chi connectivity index (χ1) is 8.96. The van der Waals surface area contributed by atoms with Crippen LogP contribution in [-0.2, 0) is 0 Å². The summed E-state index contributed by atoms with van der Waals surface area (Å²) >= 11 is 0. The van der Waals surface area contributed by atoms with Gasteiger partial charge in [-0.1, -0.05) is 12.1 Å². The topological polar surface area (TPSA) is 87.7 Å². The molecule has 0 aliphatic heterocycles. The SMILES string of the molecule is CCC(C/C(N)=N/O)NC(=O)c1cc(C)cc(F)c1. The van der Waals surface area contributed by atoms with Gasteiger partial charge in [0.15, 0.2) is 0 Å². The molecule has 19 heavy (non-hydrogen) atoms. The molecule has 0 aliphatic rings. The Morgan fingerprint density at radius 2 is 2.21 bits per heavy atom. The lowest BCUT2D eigenvalue weighted by Gasteiger charge is -2.16. The van der Waals surface area contributed by atoms with E-state index in [9.17, 15) is 9.18 Å². The molecule has 0 saturated carbocycles. The van der Waals surface area contributed by atoms with Crippen LogP contribution in [0, 0.1) is 12.7 Å². The lowest BCUT2D eigenvalue weighted by molar-refractivity contribution is 0.0936. The van der Waals surface area contributed by atoms with Crippen LogP contribution in [0.3, 0.4) is 0 Å². The molecule has 0 radical (unpaired) electrons. The van der Waals surface area contributed by atoms with Gasteiger partial charge in [-0.15, -0.1) is 0 Å². The third kappa shape index (κ3) is 4.57. The molecular weight excluding hydrogens is 249 g/mol. The fraction of sp³-hybridized carbons (Fsp3) is 0.385. The normalized spacial score (nSPS) is 13.1. The summed E-state index contributed by atoms with van der Waals surface area (Å²) in [5, 5.41) is 14.1. The molecule has 1 rings (SSSR count). The molecule has 0 aliphatic carbocycles. The van der Waals surface area contributed by atoms with Gasteiger partial charge in [-0.25, -0.2) is 4.39 Å². The molecule has 1 amide bonds. The van der Waals surface area contributed by atoms with E-state index in [2.05, 4.69) is 10.5 Å². The third-order valence-electron chi connectivity index (χ3n) is 2.72. The average Bonchev–Trinajstić information content (AvgIpc) is 2.36. The quantitative estimate of drug-likeness (QED) is 0.329. The highest BCUT2D eigenvalue weighted by atomic mass is 19.1. The van der Waals surface area contributed by atoms with Crippen LogP contribution < -0.4 is 11.1 Å². The Hall–Kier alpha value is -2.11. The van der Waals surface area contributed by atoms with Gasteiger partial charge in [0.25, 0.3) is 5.91 Å². The summed E-state index contributed by atoms with van der Waals surface area (Å²) in [4.78, 5) is 12.0. The number of halogens is 1. The number of benzene rings is 1. The van der Waals surface area contributed by atoms with Gasteiger partial charge < -0.3 is 16.3 Å². The number of rotatable bonds is 5. The second-order valence-corrected chi connectivity index (χ2v) is 4.39. The number of carbonyl (C=O) groups is 1. The maximum Gasteiger partial charge on any atom is 0.251 e. The average molecular weight is 267 g/mol. The van der Waals surface area contributed by atoms with Crippen molar-refractivity contribution in [1.82, 2.24) is 5.32 Å². The van der Waals surface area contributed by atoms with E-state index in [4.69, 9.17) is 10.9 Å². The number of hydrogen-bond donors (Lipinski definition) is 3. The minimum Gasteiger partial charge on any atom is -0.409 e. The van der Waals surface area contributed by atoms with Crippen LogP contribution in [0.4, 0.5) is 4.39 Å². The smallest absolute Gasteiger partial charge is 0.251 e. The number of nitrogens with two attached hydrogens (primary N) is 1.